The maximum atomic E-state index is 14.2. The number of benzene rings is 2. The highest BCUT2D eigenvalue weighted by molar-refractivity contribution is 6.29. The normalized spacial score (nSPS) is 15.1. The van der Waals surface area contributed by atoms with Crippen molar-refractivity contribution in [2.45, 2.75) is 32.4 Å². The molecule has 0 bridgehead atoms. The molecule has 3 heterocycles. The summed E-state index contributed by atoms with van der Waals surface area (Å²) in [6, 6.07) is 15.5. The Morgan fingerprint density at radius 1 is 0.889 bits per heavy atom. The van der Waals surface area contributed by atoms with Crippen molar-refractivity contribution < 1.29 is 8.78 Å². The Morgan fingerprint density at radius 2 is 1.61 bits per heavy atom. The van der Waals surface area contributed by atoms with Crippen molar-refractivity contribution in [2.24, 2.45) is 4.99 Å². The Kier molecular flexibility index (Phi) is 7.00. The van der Waals surface area contributed by atoms with Gasteiger partial charge in [0.05, 0.1) is 11.6 Å². The molecule has 5 nitrogen and oxygen atoms in total. The molecule has 1 atom stereocenters. The highest BCUT2D eigenvalue weighted by atomic mass is 35.5. The Labute approximate surface area is 213 Å². The van der Waals surface area contributed by atoms with E-state index in [0.29, 0.717) is 29.8 Å². The third-order valence-corrected chi connectivity index (χ3v) is 6.53. The van der Waals surface area contributed by atoms with E-state index in [-0.39, 0.29) is 11.6 Å². The second-order valence-corrected chi connectivity index (χ2v) is 9.01. The van der Waals surface area contributed by atoms with E-state index < -0.39 is 11.6 Å². The summed E-state index contributed by atoms with van der Waals surface area (Å²) in [5.74, 6) is -0.500. The summed E-state index contributed by atoms with van der Waals surface area (Å²) in [6.45, 7) is 3.43. The molecule has 1 aliphatic rings. The van der Waals surface area contributed by atoms with Crippen LogP contribution >= 0.6 is 11.6 Å². The number of halogens is 3. The summed E-state index contributed by atoms with van der Waals surface area (Å²) in [5, 5.41) is 0.465. The molecule has 0 fully saturated rings. The molecule has 0 saturated carbocycles. The lowest BCUT2D eigenvalue weighted by molar-refractivity contribution is 0.578. The first kappa shape index (κ1) is 24.0. The van der Waals surface area contributed by atoms with E-state index in [2.05, 4.69) is 31.8 Å². The van der Waals surface area contributed by atoms with Crippen molar-refractivity contribution in [3.63, 3.8) is 0 Å². The Morgan fingerprint density at radius 3 is 2.25 bits per heavy atom. The molecule has 5 rings (SSSR count). The molecule has 4 aromatic rings. The van der Waals surface area contributed by atoms with Crippen LogP contribution in [-0.2, 0) is 6.54 Å². The van der Waals surface area contributed by atoms with E-state index in [1.807, 2.05) is 42.7 Å². The molecule has 0 radical (unpaired) electrons. The predicted molar refractivity (Wildman–Crippen MR) is 138 cm³/mol. The summed E-state index contributed by atoms with van der Waals surface area (Å²) in [6.07, 6.45) is 6.64. The van der Waals surface area contributed by atoms with E-state index in [1.165, 1.54) is 18.2 Å². The van der Waals surface area contributed by atoms with Crippen LogP contribution in [0.3, 0.4) is 0 Å². The van der Waals surface area contributed by atoms with Crippen molar-refractivity contribution >= 4 is 23.3 Å². The van der Waals surface area contributed by atoms with E-state index in [4.69, 9.17) is 11.6 Å². The average molecular weight is 504 g/mol. The number of rotatable bonds is 7. The van der Waals surface area contributed by atoms with Crippen LogP contribution in [0.1, 0.15) is 42.5 Å². The van der Waals surface area contributed by atoms with Crippen LogP contribution in [0.4, 0.5) is 14.7 Å². The van der Waals surface area contributed by atoms with E-state index in [0.717, 1.165) is 35.2 Å². The van der Waals surface area contributed by atoms with E-state index in [1.54, 1.807) is 12.3 Å². The Hall–Kier alpha value is -3.71. The topological polar surface area (TPSA) is 54.3 Å². The van der Waals surface area contributed by atoms with Gasteiger partial charge in [-0.25, -0.2) is 23.7 Å². The highest BCUT2D eigenvalue weighted by Crippen LogP contribution is 2.33. The number of aliphatic imine (C=N–C) groups is 1. The Balaban J connectivity index is 1.29. The van der Waals surface area contributed by atoms with Gasteiger partial charge in [0.15, 0.2) is 0 Å². The van der Waals surface area contributed by atoms with Crippen LogP contribution in [0.25, 0.3) is 11.1 Å². The summed E-state index contributed by atoms with van der Waals surface area (Å²) in [5.41, 5.74) is 4.40. The van der Waals surface area contributed by atoms with Gasteiger partial charge < -0.3 is 4.90 Å². The monoisotopic (exact) mass is 503 g/mol. The minimum atomic E-state index is -0.570. The highest BCUT2D eigenvalue weighted by Gasteiger charge is 2.24. The number of hydrogen-bond donors (Lipinski definition) is 0. The maximum absolute atomic E-state index is 14.2. The minimum Gasteiger partial charge on any atom is -0.337 e. The SMILES string of the molecule is CCN(Cc1ccc(Cl)nc1)c1ncc(-c2ccc(C3CCC(c4c(F)cccc4F)=N3)cc2)cn1. The summed E-state index contributed by atoms with van der Waals surface area (Å²) >= 11 is 5.88. The number of hydrogen-bond acceptors (Lipinski definition) is 5. The van der Waals surface area contributed by atoms with Crippen molar-refractivity contribution in [1.29, 1.82) is 0 Å². The third-order valence-electron chi connectivity index (χ3n) is 6.31. The van der Waals surface area contributed by atoms with Crippen LogP contribution in [0.5, 0.6) is 0 Å². The molecule has 0 aliphatic carbocycles. The van der Waals surface area contributed by atoms with Crippen LogP contribution in [0, 0.1) is 11.6 Å². The van der Waals surface area contributed by atoms with Gasteiger partial charge in [-0.05, 0) is 54.7 Å². The lowest BCUT2D eigenvalue weighted by Crippen LogP contribution is -2.24. The number of pyridine rings is 1. The van der Waals surface area contributed by atoms with E-state index in [9.17, 15) is 8.78 Å². The first-order valence-corrected chi connectivity index (χ1v) is 12.2. The number of anilines is 1. The molecule has 0 saturated heterocycles. The zero-order chi connectivity index (χ0) is 25.1. The van der Waals surface area contributed by atoms with Crippen molar-refractivity contribution in [3.05, 3.63) is 107 Å². The van der Waals surface area contributed by atoms with Gasteiger partial charge in [0.1, 0.15) is 16.8 Å². The zero-order valence-corrected chi connectivity index (χ0v) is 20.5. The fourth-order valence-corrected chi connectivity index (χ4v) is 4.48. The molecular formula is C28H24ClF2N5. The quantitative estimate of drug-likeness (QED) is 0.260. The van der Waals surface area contributed by atoms with Gasteiger partial charge in [-0.15, -0.1) is 0 Å². The van der Waals surface area contributed by atoms with Gasteiger partial charge >= 0.3 is 0 Å². The summed E-state index contributed by atoms with van der Waals surface area (Å²) < 4.78 is 28.3. The molecular weight excluding hydrogens is 480 g/mol. The lowest BCUT2D eigenvalue weighted by atomic mass is 10.0. The molecule has 182 valence electrons. The van der Waals surface area contributed by atoms with Crippen molar-refractivity contribution in [2.75, 3.05) is 11.4 Å². The van der Waals surface area contributed by atoms with Crippen molar-refractivity contribution in [1.82, 2.24) is 15.0 Å². The maximum Gasteiger partial charge on any atom is 0.225 e. The van der Waals surface area contributed by atoms with Gasteiger partial charge in [-0.1, -0.05) is 48.0 Å². The lowest BCUT2D eigenvalue weighted by Gasteiger charge is -2.20. The Bertz CT molecular complexity index is 1350. The minimum absolute atomic E-state index is 0.0118. The molecule has 0 amide bonds. The third kappa shape index (κ3) is 5.11. The van der Waals surface area contributed by atoms with Gasteiger partial charge in [0, 0.05) is 43.0 Å². The van der Waals surface area contributed by atoms with Crippen LogP contribution < -0.4 is 4.90 Å². The smallest absolute Gasteiger partial charge is 0.225 e. The second kappa shape index (κ2) is 10.5. The first-order chi connectivity index (χ1) is 17.5. The number of nitrogens with zero attached hydrogens (tertiary/aromatic N) is 5. The van der Waals surface area contributed by atoms with Crippen LogP contribution in [-0.4, -0.2) is 27.2 Å². The van der Waals surface area contributed by atoms with Crippen LogP contribution in [0.2, 0.25) is 5.15 Å². The molecule has 1 unspecified atom stereocenters. The second-order valence-electron chi connectivity index (χ2n) is 8.62. The molecule has 36 heavy (non-hydrogen) atoms. The molecule has 2 aromatic carbocycles. The fourth-order valence-electron chi connectivity index (χ4n) is 4.37. The van der Waals surface area contributed by atoms with E-state index >= 15 is 0 Å². The average Bonchev–Trinajstić information content (AvgIpc) is 3.38. The summed E-state index contributed by atoms with van der Waals surface area (Å²) in [7, 11) is 0. The van der Waals surface area contributed by atoms with Gasteiger partial charge in [-0.2, -0.15) is 0 Å². The molecule has 0 spiro atoms. The summed E-state index contributed by atoms with van der Waals surface area (Å²) in [4.78, 5) is 20.0. The molecule has 0 N–H and O–H groups in total. The molecule has 8 heteroatoms. The predicted octanol–water partition coefficient (Wildman–Crippen LogP) is 6.82. The van der Waals surface area contributed by atoms with Gasteiger partial charge in [-0.3, -0.25) is 4.99 Å². The largest absolute Gasteiger partial charge is 0.337 e. The standard InChI is InChI=1S/C28H24ClF2N5/c1-2-36(17-18-6-13-26(29)32-14-18)28-33-15-21(16-34-28)19-7-9-20(10-8-19)24-11-12-25(35-24)27-22(30)4-3-5-23(27)31/h3-10,13-16,24H,2,11-12,17H2,1H3. The van der Waals surface area contributed by atoms with Crippen LogP contribution in [0.15, 0.2) is 78.2 Å². The van der Waals surface area contributed by atoms with Gasteiger partial charge in [0.2, 0.25) is 5.95 Å². The molecule has 2 aromatic heterocycles. The fraction of sp³-hybridized carbons (Fsp3) is 0.214. The molecule has 1 aliphatic heterocycles. The number of aromatic nitrogens is 3. The first-order valence-electron chi connectivity index (χ1n) is 11.8. The van der Waals surface area contributed by atoms with Crippen molar-refractivity contribution in [3.8, 4) is 11.1 Å². The van der Waals surface area contributed by atoms with Gasteiger partial charge in [0.25, 0.3) is 0 Å². The zero-order valence-electron chi connectivity index (χ0n) is 19.7.